The van der Waals surface area contributed by atoms with Crippen LogP contribution in [0.1, 0.15) is 36.3 Å². The summed E-state index contributed by atoms with van der Waals surface area (Å²) >= 11 is 0. The molecule has 0 radical (unpaired) electrons. The average Bonchev–Trinajstić information content (AvgIpc) is 2.69. The molecule has 0 aliphatic heterocycles. The van der Waals surface area contributed by atoms with Crippen LogP contribution in [0.5, 0.6) is 0 Å². The van der Waals surface area contributed by atoms with Crippen LogP contribution in [0, 0.1) is 0 Å². The monoisotopic (exact) mass is 238 g/mol. The van der Waals surface area contributed by atoms with E-state index in [4.69, 9.17) is 5.73 Å². The molecule has 0 unspecified atom stereocenters. The number of hydrogen-bond donors (Lipinski definition) is 1. The van der Waals surface area contributed by atoms with Crippen molar-refractivity contribution < 1.29 is 4.79 Å². The molecule has 1 heterocycles. The van der Waals surface area contributed by atoms with Gasteiger partial charge in [0.05, 0.1) is 11.3 Å². The molecule has 96 valence electrons. The Kier molecular flexibility index (Phi) is 5.15. The van der Waals surface area contributed by atoms with Crippen LogP contribution in [0.4, 0.5) is 0 Å². The minimum atomic E-state index is 0.0438. The van der Waals surface area contributed by atoms with Crippen molar-refractivity contribution in [2.45, 2.75) is 26.7 Å². The Morgan fingerprint density at radius 2 is 2.18 bits per heavy atom. The number of hydrogen-bond acceptors (Lipinski definition) is 3. The van der Waals surface area contributed by atoms with Gasteiger partial charge in [-0.25, -0.2) is 0 Å². The second-order valence-electron chi connectivity index (χ2n) is 4.10. The summed E-state index contributed by atoms with van der Waals surface area (Å²) in [4.78, 5) is 14.1. The minimum Gasteiger partial charge on any atom is -0.337 e. The van der Waals surface area contributed by atoms with Gasteiger partial charge in [0.1, 0.15) is 0 Å². The lowest BCUT2D eigenvalue weighted by molar-refractivity contribution is 0.0759. The molecular formula is C12H22N4O. The van der Waals surface area contributed by atoms with Crippen LogP contribution in [0.25, 0.3) is 0 Å². The zero-order valence-electron chi connectivity index (χ0n) is 10.9. The number of aromatic nitrogens is 2. The molecule has 5 heteroatoms. The standard InChI is InChI=1S/C12H22N4O/c1-4-7-16(8-6-13)12(17)10-9-15(3)14-11(10)5-2/h9H,4-8,13H2,1-3H3. The van der Waals surface area contributed by atoms with Gasteiger partial charge >= 0.3 is 0 Å². The molecule has 1 aromatic rings. The zero-order chi connectivity index (χ0) is 12.8. The van der Waals surface area contributed by atoms with E-state index in [1.54, 1.807) is 15.8 Å². The highest BCUT2D eigenvalue weighted by atomic mass is 16.2. The summed E-state index contributed by atoms with van der Waals surface area (Å²) in [6.45, 7) is 5.90. The highest BCUT2D eigenvalue weighted by Crippen LogP contribution is 2.11. The second-order valence-corrected chi connectivity index (χ2v) is 4.10. The van der Waals surface area contributed by atoms with Gasteiger partial charge in [0.2, 0.25) is 0 Å². The van der Waals surface area contributed by atoms with E-state index in [1.807, 2.05) is 14.0 Å². The SMILES string of the molecule is CCCN(CCN)C(=O)c1cn(C)nc1CC. The maximum absolute atomic E-state index is 12.3. The van der Waals surface area contributed by atoms with Crippen LogP contribution >= 0.6 is 0 Å². The molecule has 0 saturated carbocycles. The topological polar surface area (TPSA) is 64.2 Å². The Bertz CT molecular complexity index is 367. The molecule has 0 atom stereocenters. The summed E-state index contributed by atoms with van der Waals surface area (Å²) in [7, 11) is 1.84. The van der Waals surface area contributed by atoms with Crippen molar-refractivity contribution in [3.05, 3.63) is 17.5 Å². The molecule has 0 spiro atoms. The summed E-state index contributed by atoms with van der Waals surface area (Å²) < 4.78 is 1.69. The van der Waals surface area contributed by atoms with E-state index in [-0.39, 0.29) is 5.91 Å². The van der Waals surface area contributed by atoms with Gasteiger partial charge in [-0.15, -0.1) is 0 Å². The fraction of sp³-hybridized carbons (Fsp3) is 0.667. The summed E-state index contributed by atoms with van der Waals surface area (Å²) in [5.41, 5.74) is 7.10. The van der Waals surface area contributed by atoms with Crippen molar-refractivity contribution in [1.29, 1.82) is 0 Å². The van der Waals surface area contributed by atoms with E-state index in [0.717, 1.165) is 25.1 Å². The van der Waals surface area contributed by atoms with Gasteiger partial charge in [-0.05, 0) is 12.8 Å². The third-order valence-electron chi connectivity index (χ3n) is 2.65. The van der Waals surface area contributed by atoms with Crippen molar-refractivity contribution in [2.24, 2.45) is 12.8 Å². The minimum absolute atomic E-state index is 0.0438. The maximum Gasteiger partial charge on any atom is 0.257 e. The molecule has 0 aromatic carbocycles. The molecule has 1 amide bonds. The van der Waals surface area contributed by atoms with Gasteiger partial charge in [-0.1, -0.05) is 13.8 Å². The van der Waals surface area contributed by atoms with E-state index < -0.39 is 0 Å². The summed E-state index contributed by atoms with van der Waals surface area (Å²) in [6, 6.07) is 0. The lowest BCUT2D eigenvalue weighted by Crippen LogP contribution is -2.36. The number of amides is 1. The molecule has 0 saturated heterocycles. The third-order valence-corrected chi connectivity index (χ3v) is 2.65. The highest BCUT2D eigenvalue weighted by molar-refractivity contribution is 5.95. The number of nitrogens with zero attached hydrogens (tertiary/aromatic N) is 3. The van der Waals surface area contributed by atoms with Gasteiger partial charge in [-0.2, -0.15) is 5.10 Å². The van der Waals surface area contributed by atoms with Gasteiger partial charge in [0.25, 0.3) is 5.91 Å². The van der Waals surface area contributed by atoms with Crippen molar-refractivity contribution in [1.82, 2.24) is 14.7 Å². The van der Waals surface area contributed by atoms with Gasteiger partial charge < -0.3 is 10.6 Å². The average molecular weight is 238 g/mol. The summed E-state index contributed by atoms with van der Waals surface area (Å²) in [6.07, 6.45) is 3.50. The Balaban J connectivity index is 2.91. The molecule has 1 rings (SSSR count). The van der Waals surface area contributed by atoms with Crippen LogP contribution in [0.2, 0.25) is 0 Å². The Hall–Kier alpha value is -1.36. The molecule has 17 heavy (non-hydrogen) atoms. The molecule has 5 nitrogen and oxygen atoms in total. The lowest BCUT2D eigenvalue weighted by atomic mass is 10.2. The molecule has 0 aliphatic carbocycles. The van der Waals surface area contributed by atoms with Crippen LogP contribution in [-0.4, -0.2) is 40.2 Å². The number of carbonyl (C=O) groups excluding carboxylic acids is 1. The molecular weight excluding hydrogens is 216 g/mol. The second kappa shape index (κ2) is 6.39. The van der Waals surface area contributed by atoms with Crippen molar-refractivity contribution in [3.8, 4) is 0 Å². The maximum atomic E-state index is 12.3. The van der Waals surface area contributed by atoms with E-state index in [1.165, 1.54) is 0 Å². The normalized spacial score (nSPS) is 10.6. The lowest BCUT2D eigenvalue weighted by Gasteiger charge is -2.21. The van der Waals surface area contributed by atoms with Crippen LogP contribution < -0.4 is 5.73 Å². The van der Waals surface area contributed by atoms with Gasteiger partial charge in [0, 0.05) is 32.9 Å². The number of nitrogens with two attached hydrogens (primary N) is 1. The molecule has 1 aromatic heterocycles. The number of rotatable bonds is 6. The third kappa shape index (κ3) is 3.30. The van der Waals surface area contributed by atoms with Crippen molar-refractivity contribution >= 4 is 5.91 Å². The molecule has 0 bridgehead atoms. The van der Waals surface area contributed by atoms with Crippen LogP contribution in [0.15, 0.2) is 6.20 Å². The number of carbonyl (C=O) groups is 1. The van der Waals surface area contributed by atoms with Crippen molar-refractivity contribution in [2.75, 3.05) is 19.6 Å². The first-order chi connectivity index (χ1) is 8.13. The van der Waals surface area contributed by atoms with E-state index in [2.05, 4.69) is 12.0 Å². The quantitative estimate of drug-likeness (QED) is 0.797. The van der Waals surface area contributed by atoms with Crippen LogP contribution in [-0.2, 0) is 13.5 Å². The Morgan fingerprint density at radius 3 is 2.71 bits per heavy atom. The largest absolute Gasteiger partial charge is 0.337 e. The summed E-state index contributed by atoms with van der Waals surface area (Å²) in [5.74, 6) is 0.0438. The first-order valence-electron chi connectivity index (χ1n) is 6.15. The zero-order valence-corrected chi connectivity index (χ0v) is 10.9. The van der Waals surface area contributed by atoms with E-state index in [0.29, 0.717) is 18.7 Å². The van der Waals surface area contributed by atoms with Gasteiger partial charge in [0.15, 0.2) is 0 Å². The predicted molar refractivity (Wildman–Crippen MR) is 67.8 cm³/mol. The van der Waals surface area contributed by atoms with E-state index >= 15 is 0 Å². The highest BCUT2D eigenvalue weighted by Gasteiger charge is 2.19. The Morgan fingerprint density at radius 1 is 1.47 bits per heavy atom. The first kappa shape index (κ1) is 13.7. The molecule has 2 N–H and O–H groups in total. The van der Waals surface area contributed by atoms with E-state index in [9.17, 15) is 4.79 Å². The fourth-order valence-corrected chi connectivity index (χ4v) is 1.89. The van der Waals surface area contributed by atoms with Crippen LogP contribution in [0.3, 0.4) is 0 Å². The smallest absolute Gasteiger partial charge is 0.257 e. The fourth-order valence-electron chi connectivity index (χ4n) is 1.89. The predicted octanol–water partition coefficient (Wildman–Crippen LogP) is 0.793. The molecule has 0 fully saturated rings. The Labute approximate surface area is 103 Å². The molecule has 0 aliphatic rings. The number of aryl methyl sites for hydroxylation is 2. The summed E-state index contributed by atoms with van der Waals surface area (Å²) in [5, 5.41) is 4.29. The first-order valence-corrected chi connectivity index (χ1v) is 6.15. The van der Waals surface area contributed by atoms with Gasteiger partial charge in [-0.3, -0.25) is 9.48 Å². The van der Waals surface area contributed by atoms with Crippen molar-refractivity contribution in [3.63, 3.8) is 0 Å².